The van der Waals surface area contributed by atoms with Gasteiger partial charge in [0.2, 0.25) is 5.91 Å². The maximum Gasteiger partial charge on any atom is 0.255 e. The van der Waals surface area contributed by atoms with Crippen molar-refractivity contribution in [3.63, 3.8) is 0 Å². The smallest absolute Gasteiger partial charge is 0.255 e. The van der Waals surface area contributed by atoms with E-state index >= 15 is 0 Å². The quantitative estimate of drug-likeness (QED) is 0.795. The second kappa shape index (κ2) is 8.94. The first-order valence-corrected chi connectivity index (χ1v) is 10.1. The summed E-state index contributed by atoms with van der Waals surface area (Å²) in [6.07, 6.45) is 1.38. The molecule has 0 aromatic heterocycles. The van der Waals surface area contributed by atoms with Crippen molar-refractivity contribution in [2.45, 2.75) is 22.6 Å². The molecule has 3 rings (SSSR count). The summed E-state index contributed by atoms with van der Waals surface area (Å²) in [6, 6.07) is 17.1. The van der Waals surface area contributed by atoms with E-state index in [2.05, 4.69) is 6.07 Å². The zero-order valence-electron chi connectivity index (χ0n) is 16.1. The predicted octanol–water partition coefficient (Wildman–Crippen LogP) is 3.65. The molecule has 1 fully saturated rings. The van der Waals surface area contributed by atoms with Gasteiger partial charge in [-0.05, 0) is 37.1 Å². The van der Waals surface area contributed by atoms with Crippen molar-refractivity contribution in [1.29, 1.82) is 5.26 Å². The van der Waals surface area contributed by atoms with E-state index in [0.717, 1.165) is 9.79 Å². The van der Waals surface area contributed by atoms with E-state index in [1.807, 2.05) is 47.4 Å². The lowest BCUT2D eigenvalue weighted by atomic mass is 9.95. The Morgan fingerprint density at radius 3 is 2.29 bits per heavy atom. The van der Waals surface area contributed by atoms with Gasteiger partial charge < -0.3 is 9.80 Å². The molecule has 0 saturated carbocycles. The molecular formula is C22H23N3O2S. The molecule has 6 heteroatoms. The second-order valence-corrected chi connectivity index (χ2v) is 8.09. The summed E-state index contributed by atoms with van der Waals surface area (Å²) in [7, 11) is 3.54. The van der Waals surface area contributed by atoms with Crippen molar-refractivity contribution in [3.8, 4) is 6.07 Å². The number of piperidine rings is 1. The van der Waals surface area contributed by atoms with Crippen molar-refractivity contribution < 1.29 is 9.59 Å². The predicted molar refractivity (Wildman–Crippen MR) is 109 cm³/mol. The zero-order chi connectivity index (χ0) is 20.1. The second-order valence-electron chi connectivity index (χ2n) is 7.01. The normalized spacial score (nSPS) is 14.4. The van der Waals surface area contributed by atoms with Crippen molar-refractivity contribution in [2.75, 3.05) is 27.2 Å². The van der Waals surface area contributed by atoms with Crippen molar-refractivity contribution in [1.82, 2.24) is 9.80 Å². The van der Waals surface area contributed by atoms with Crippen LogP contribution >= 0.6 is 11.8 Å². The van der Waals surface area contributed by atoms with Gasteiger partial charge in [0, 0.05) is 42.9 Å². The number of carbonyl (C=O) groups is 2. The van der Waals surface area contributed by atoms with Gasteiger partial charge in [0.25, 0.3) is 5.91 Å². The number of nitrogens with zero attached hydrogens (tertiary/aromatic N) is 3. The Hall–Kier alpha value is -2.78. The van der Waals surface area contributed by atoms with Gasteiger partial charge in [0.15, 0.2) is 0 Å². The van der Waals surface area contributed by atoms with Gasteiger partial charge in [-0.3, -0.25) is 9.59 Å². The van der Waals surface area contributed by atoms with Crippen molar-refractivity contribution in [3.05, 3.63) is 59.7 Å². The van der Waals surface area contributed by atoms with Gasteiger partial charge in [-0.25, -0.2) is 0 Å². The fourth-order valence-electron chi connectivity index (χ4n) is 3.36. The van der Waals surface area contributed by atoms with E-state index < -0.39 is 0 Å². The van der Waals surface area contributed by atoms with Crippen molar-refractivity contribution >= 4 is 23.6 Å². The van der Waals surface area contributed by atoms with Crippen LogP contribution in [0.3, 0.4) is 0 Å². The molecular weight excluding hydrogens is 370 g/mol. The van der Waals surface area contributed by atoms with Crippen LogP contribution in [0.2, 0.25) is 0 Å². The van der Waals surface area contributed by atoms with E-state index in [4.69, 9.17) is 0 Å². The van der Waals surface area contributed by atoms with Crippen LogP contribution in [-0.2, 0) is 4.79 Å². The minimum absolute atomic E-state index is 0.00817. The average Bonchev–Trinajstić information content (AvgIpc) is 2.73. The van der Waals surface area contributed by atoms with Gasteiger partial charge in [-0.15, -0.1) is 0 Å². The Bertz CT molecular complexity index is 912. The molecule has 2 amide bonds. The third-order valence-corrected chi connectivity index (χ3v) is 6.07. The summed E-state index contributed by atoms with van der Waals surface area (Å²) in [5, 5.41) is 9.32. The van der Waals surface area contributed by atoms with E-state index in [0.29, 0.717) is 37.1 Å². The average molecular weight is 394 g/mol. The lowest BCUT2D eigenvalue weighted by Gasteiger charge is -2.32. The molecule has 0 spiro atoms. The van der Waals surface area contributed by atoms with Gasteiger partial charge >= 0.3 is 0 Å². The number of carbonyl (C=O) groups excluding carboxylic acids is 2. The van der Waals surface area contributed by atoms with Crippen LogP contribution in [-0.4, -0.2) is 48.8 Å². The number of rotatable bonds is 4. The fraction of sp³-hybridized carbons (Fsp3) is 0.318. The SMILES string of the molecule is CN(C)C(=O)C1CCN(C(=O)c2ccccc2Sc2ccccc2C#N)CC1. The van der Waals surface area contributed by atoms with Crippen LogP contribution in [0, 0.1) is 17.2 Å². The molecule has 2 aromatic carbocycles. The summed E-state index contributed by atoms with van der Waals surface area (Å²) in [5.41, 5.74) is 1.23. The van der Waals surface area contributed by atoms with E-state index in [9.17, 15) is 14.9 Å². The van der Waals surface area contributed by atoms with Gasteiger partial charge in [0.1, 0.15) is 6.07 Å². The van der Waals surface area contributed by atoms with E-state index in [1.165, 1.54) is 11.8 Å². The Morgan fingerprint density at radius 1 is 1.04 bits per heavy atom. The van der Waals surface area contributed by atoms with Crippen LogP contribution < -0.4 is 0 Å². The summed E-state index contributed by atoms with van der Waals surface area (Å²) in [5.74, 6) is 0.107. The molecule has 1 aliphatic rings. The highest BCUT2D eigenvalue weighted by Crippen LogP contribution is 2.33. The van der Waals surface area contributed by atoms with E-state index in [-0.39, 0.29) is 17.7 Å². The molecule has 1 aliphatic heterocycles. The number of nitriles is 1. The maximum atomic E-state index is 13.1. The monoisotopic (exact) mass is 393 g/mol. The molecule has 5 nitrogen and oxygen atoms in total. The topological polar surface area (TPSA) is 64.4 Å². The lowest BCUT2D eigenvalue weighted by Crippen LogP contribution is -2.42. The molecule has 0 radical (unpaired) electrons. The highest BCUT2D eigenvalue weighted by atomic mass is 32.2. The summed E-state index contributed by atoms with van der Waals surface area (Å²) in [6.45, 7) is 1.16. The van der Waals surface area contributed by atoms with Crippen LogP contribution in [0.15, 0.2) is 58.3 Å². The first kappa shape index (κ1) is 20.0. The van der Waals surface area contributed by atoms with Crippen LogP contribution in [0.1, 0.15) is 28.8 Å². The fourth-order valence-corrected chi connectivity index (χ4v) is 4.38. The molecule has 0 N–H and O–H groups in total. The number of likely N-dealkylation sites (tertiary alicyclic amines) is 1. The molecule has 144 valence electrons. The minimum atomic E-state index is -0.0201. The Labute approximate surface area is 169 Å². The minimum Gasteiger partial charge on any atom is -0.349 e. The molecule has 0 unspecified atom stereocenters. The summed E-state index contributed by atoms with van der Waals surface area (Å²) < 4.78 is 0. The Kier molecular flexibility index (Phi) is 6.37. The van der Waals surface area contributed by atoms with E-state index in [1.54, 1.807) is 25.1 Å². The number of amides is 2. The zero-order valence-corrected chi connectivity index (χ0v) is 16.9. The van der Waals surface area contributed by atoms with Crippen LogP contribution in [0.25, 0.3) is 0 Å². The molecule has 1 saturated heterocycles. The van der Waals surface area contributed by atoms with Crippen molar-refractivity contribution in [2.24, 2.45) is 5.92 Å². The molecule has 28 heavy (non-hydrogen) atoms. The number of benzene rings is 2. The third-order valence-electron chi connectivity index (χ3n) is 4.92. The molecule has 0 atom stereocenters. The van der Waals surface area contributed by atoms with Crippen LogP contribution in [0.4, 0.5) is 0 Å². The molecule has 2 aromatic rings. The summed E-state index contributed by atoms with van der Waals surface area (Å²) in [4.78, 5) is 30.4. The van der Waals surface area contributed by atoms with Crippen LogP contribution in [0.5, 0.6) is 0 Å². The highest BCUT2D eigenvalue weighted by molar-refractivity contribution is 7.99. The first-order chi connectivity index (χ1) is 13.5. The summed E-state index contributed by atoms with van der Waals surface area (Å²) >= 11 is 1.44. The lowest BCUT2D eigenvalue weighted by molar-refractivity contribution is -0.134. The van der Waals surface area contributed by atoms with Gasteiger partial charge in [-0.1, -0.05) is 36.0 Å². The number of hydrogen-bond acceptors (Lipinski definition) is 4. The third kappa shape index (κ3) is 4.37. The Morgan fingerprint density at radius 2 is 1.64 bits per heavy atom. The highest BCUT2D eigenvalue weighted by Gasteiger charge is 2.29. The van der Waals surface area contributed by atoms with Gasteiger partial charge in [-0.2, -0.15) is 5.26 Å². The molecule has 1 heterocycles. The maximum absolute atomic E-state index is 13.1. The number of hydrogen-bond donors (Lipinski definition) is 0. The Balaban J connectivity index is 1.75. The van der Waals surface area contributed by atoms with Gasteiger partial charge in [0.05, 0.1) is 11.1 Å². The first-order valence-electron chi connectivity index (χ1n) is 9.27. The molecule has 0 aliphatic carbocycles. The molecule has 0 bridgehead atoms. The largest absolute Gasteiger partial charge is 0.349 e. The standard InChI is InChI=1S/C22H23N3O2S/c1-24(2)21(26)16-11-13-25(14-12-16)22(27)18-8-4-6-10-20(18)28-19-9-5-3-7-17(19)15-23/h3-10,16H,11-14H2,1-2H3.